The van der Waals surface area contributed by atoms with Crippen molar-refractivity contribution in [1.82, 2.24) is 0 Å². The molecule has 0 atom stereocenters. The molecule has 0 amide bonds. The van der Waals surface area contributed by atoms with E-state index in [-0.39, 0.29) is 0 Å². The van der Waals surface area contributed by atoms with E-state index in [9.17, 15) is 0 Å². The summed E-state index contributed by atoms with van der Waals surface area (Å²) in [6.07, 6.45) is 0. The topological polar surface area (TPSA) is 24.1 Å². The smallest absolute Gasteiger partial charge is 0.0829 e. The summed E-state index contributed by atoms with van der Waals surface area (Å²) < 4.78 is 0. The first kappa shape index (κ1) is 33.5. The van der Waals surface area contributed by atoms with Crippen LogP contribution in [0.1, 0.15) is 0 Å². The lowest BCUT2D eigenvalue weighted by Crippen LogP contribution is -2.35. The van der Waals surface area contributed by atoms with E-state index >= 15 is 0 Å². The molecule has 0 unspecified atom stereocenters. The van der Waals surface area contributed by atoms with Gasteiger partial charge >= 0.3 is 0 Å². The van der Waals surface area contributed by atoms with Crippen LogP contribution in [-0.2, 0) is 0 Å². The summed E-state index contributed by atoms with van der Waals surface area (Å²) in [5, 5.41) is 24.6. The molecule has 0 saturated carbocycles. The fourth-order valence-electron chi connectivity index (χ4n) is 8.05. The van der Waals surface area contributed by atoms with Crippen molar-refractivity contribution in [2.75, 3.05) is 10.6 Å². The van der Waals surface area contributed by atoms with Crippen LogP contribution in [-0.4, -0.2) is 15.5 Å². The zero-order valence-corrected chi connectivity index (χ0v) is 34.5. The van der Waals surface area contributed by atoms with Crippen LogP contribution in [0.4, 0.5) is 22.7 Å². The van der Waals surface area contributed by atoms with Crippen molar-refractivity contribution in [3.63, 3.8) is 0 Å². The lowest BCUT2D eigenvalue weighted by Gasteiger charge is -2.37. The van der Waals surface area contributed by atoms with Gasteiger partial charge in [-0.15, -0.1) is 0 Å². The van der Waals surface area contributed by atoms with E-state index in [1.54, 1.807) is 0 Å². The first-order valence-electron chi connectivity index (χ1n) is 18.3. The Kier molecular flexibility index (Phi) is 8.17. The van der Waals surface area contributed by atoms with E-state index in [0.29, 0.717) is 0 Å². The Labute approximate surface area is 311 Å². The van der Waals surface area contributed by atoms with Gasteiger partial charge in [-0.05, 0) is 91.6 Å². The Hall–Kier alpha value is -4.31. The van der Waals surface area contributed by atoms with Gasteiger partial charge in [-0.25, -0.2) is 0 Å². The normalized spacial score (nSPS) is 16.2. The van der Waals surface area contributed by atoms with Crippen molar-refractivity contribution in [1.29, 1.82) is 0 Å². The van der Waals surface area contributed by atoms with Crippen molar-refractivity contribution < 1.29 is 0 Å². The molecule has 0 radical (unpaired) electrons. The van der Waals surface area contributed by atoms with Crippen molar-refractivity contribution in [3.8, 4) is 0 Å². The predicted molar refractivity (Wildman–Crippen MR) is 241 cm³/mol. The summed E-state index contributed by atoms with van der Waals surface area (Å²) in [6.45, 7) is 15.4. The Morgan fingerprint density at radius 1 is 0.308 bits per heavy atom. The van der Waals surface area contributed by atoms with E-state index < -0.39 is 30.4 Å². The van der Waals surface area contributed by atoms with Gasteiger partial charge in [0.05, 0.1) is 15.5 Å². The molecule has 0 aromatic heterocycles. The monoisotopic (exact) mass is 742 g/mol. The van der Waals surface area contributed by atoms with Gasteiger partial charge in [-0.3, -0.25) is 0 Å². The minimum absolute atomic E-state index is 0.737. The number of anilines is 4. The van der Waals surface area contributed by atoms with Crippen molar-refractivity contribution in [3.05, 3.63) is 146 Å². The van der Waals surface area contributed by atoms with Crippen LogP contribution >= 0.6 is 14.9 Å². The first-order valence-corrected chi connectivity index (χ1v) is 29.6. The summed E-state index contributed by atoms with van der Waals surface area (Å²) in [7, 11) is -5.22. The van der Waals surface area contributed by atoms with Crippen LogP contribution in [0.15, 0.2) is 146 Å². The molecular weight excluding hydrogens is 699 g/mol. The Morgan fingerprint density at radius 3 is 0.692 bits per heavy atom. The summed E-state index contributed by atoms with van der Waals surface area (Å²) in [5.74, 6) is 0. The third-order valence-corrected chi connectivity index (χ3v) is 27.3. The van der Waals surface area contributed by atoms with E-state index in [2.05, 4.69) is 196 Å². The van der Waals surface area contributed by atoms with E-state index in [0.717, 1.165) is 0 Å². The molecule has 2 nitrogen and oxygen atoms in total. The fourth-order valence-corrected chi connectivity index (χ4v) is 24.9. The predicted octanol–water partition coefficient (Wildman–Crippen LogP) is 12.6. The van der Waals surface area contributed by atoms with Gasteiger partial charge in [-0.2, -0.15) is 0 Å². The first-order chi connectivity index (χ1) is 25.0. The van der Waals surface area contributed by atoms with Gasteiger partial charge in [0.25, 0.3) is 0 Å². The quantitative estimate of drug-likeness (QED) is 0.136. The highest BCUT2D eigenvalue weighted by molar-refractivity contribution is 8.05. The summed E-state index contributed by atoms with van der Waals surface area (Å²) in [6, 6.07) is 55.5. The van der Waals surface area contributed by atoms with Crippen LogP contribution in [0.3, 0.4) is 0 Å². The molecule has 1 aliphatic heterocycles. The molecule has 0 fully saturated rings. The number of benzene rings is 8. The number of nitrogens with one attached hydrogen (secondary N) is 2. The lowest BCUT2D eigenvalue weighted by molar-refractivity contribution is 1.62. The molecule has 0 saturated heterocycles. The second-order valence-electron chi connectivity index (χ2n) is 16.1. The van der Waals surface area contributed by atoms with Crippen LogP contribution in [0.5, 0.6) is 0 Å². The van der Waals surface area contributed by atoms with Gasteiger partial charge in [0.15, 0.2) is 0 Å². The van der Waals surface area contributed by atoms with Crippen molar-refractivity contribution in [2.24, 2.45) is 0 Å². The Bertz CT molecular complexity index is 2340. The molecule has 6 heteroatoms. The molecule has 0 aliphatic carbocycles. The third-order valence-electron chi connectivity index (χ3n) is 10.3. The molecule has 0 spiro atoms. The van der Waals surface area contributed by atoms with Crippen LogP contribution in [0, 0.1) is 0 Å². The maximum Gasteiger partial charge on any atom is 0.0829 e. The van der Waals surface area contributed by atoms with Crippen LogP contribution in [0.2, 0.25) is 39.3 Å². The molecule has 8 aromatic rings. The summed E-state index contributed by atoms with van der Waals surface area (Å²) in [4.78, 5) is 0. The van der Waals surface area contributed by atoms with Gasteiger partial charge in [0, 0.05) is 44.0 Å². The molecule has 9 rings (SSSR count). The molecule has 1 heterocycles. The number of hydrogen-bond acceptors (Lipinski definition) is 2. The fraction of sp³-hybridized carbons (Fsp3) is 0.130. The average molecular weight is 743 g/mol. The van der Waals surface area contributed by atoms with E-state index in [1.807, 2.05) is 0 Å². The highest BCUT2D eigenvalue weighted by Crippen LogP contribution is 2.53. The highest BCUT2D eigenvalue weighted by Gasteiger charge is 2.37. The molecule has 1 aliphatic rings. The second kappa shape index (κ2) is 12.7. The molecule has 2 N–H and O–H groups in total. The maximum absolute atomic E-state index is 4.24. The number of fused-ring (bicyclic) bond motifs is 8. The molecular formula is C46H44N2P2Si2. The zero-order valence-electron chi connectivity index (χ0n) is 30.8. The molecule has 256 valence electrons. The lowest BCUT2D eigenvalue weighted by atomic mass is 10.1. The highest BCUT2D eigenvalue weighted by atomic mass is 31.4. The van der Waals surface area contributed by atoms with Crippen LogP contribution < -0.4 is 31.9 Å². The standard InChI is InChI=1S/C46H44N2P2Si2/c1-51(2,3)49-43-27-35-19-11-7-15-31(35)23-39(43)47-41-25-33-17-9-13-21-37(33)29-45(41)50(52(4,5)6)46-30-38-22-14-10-18-34(38)26-42(46)48-40-24-32-16-8-12-20-36(32)28-44(40)49/h7-30,47-48H,1-6H3. The minimum atomic E-state index is -1.87. The molecule has 8 aromatic carbocycles. The van der Waals surface area contributed by atoms with Gasteiger partial charge in [0.2, 0.25) is 0 Å². The Balaban J connectivity index is 1.46. The Morgan fingerprint density at radius 2 is 0.500 bits per heavy atom. The summed E-state index contributed by atoms with van der Waals surface area (Å²) >= 11 is 0. The van der Waals surface area contributed by atoms with Crippen molar-refractivity contribution >= 4 is 117 Å². The largest absolute Gasteiger partial charge is 0.354 e. The van der Waals surface area contributed by atoms with Gasteiger partial charge in [0.1, 0.15) is 0 Å². The average Bonchev–Trinajstić information content (AvgIpc) is 3.11. The third kappa shape index (κ3) is 5.97. The number of rotatable bonds is 2. The second-order valence-corrected chi connectivity index (χ2v) is 38.8. The van der Waals surface area contributed by atoms with E-state index in [4.69, 9.17) is 0 Å². The minimum Gasteiger partial charge on any atom is -0.354 e. The van der Waals surface area contributed by atoms with Crippen molar-refractivity contribution in [2.45, 2.75) is 39.3 Å². The zero-order chi connectivity index (χ0) is 35.8. The summed E-state index contributed by atoms with van der Waals surface area (Å²) in [5.41, 5.74) is 4.97. The number of hydrogen-bond donors (Lipinski definition) is 2. The SMILES string of the molecule is C[Si](C)(C)P1c2cc3ccccc3cc2Nc2cc3ccccc3cc2P([Si](C)(C)C)c2cc3ccccc3cc2Nc2cc3ccccc3cc21. The van der Waals surface area contributed by atoms with Crippen LogP contribution in [0.25, 0.3) is 43.1 Å². The van der Waals surface area contributed by atoms with E-state index in [1.165, 1.54) is 87.1 Å². The molecule has 0 bridgehead atoms. The maximum atomic E-state index is 4.24. The van der Waals surface area contributed by atoms with Gasteiger partial charge in [-0.1, -0.05) is 151 Å². The molecule has 52 heavy (non-hydrogen) atoms. The van der Waals surface area contributed by atoms with Gasteiger partial charge < -0.3 is 10.6 Å².